The van der Waals surface area contributed by atoms with E-state index in [1.165, 1.54) is 0 Å². The van der Waals surface area contributed by atoms with Crippen molar-refractivity contribution >= 4 is 35.2 Å². The second-order valence-electron chi connectivity index (χ2n) is 12.5. The van der Waals surface area contributed by atoms with E-state index in [0.717, 1.165) is 48.8 Å². The number of piperazine rings is 1. The minimum Gasteiger partial charge on any atom is -0.343 e. The van der Waals surface area contributed by atoms with Crippen LogP contribution in [0.5, 0.6) is 0 Å². The largest absolute Gasteiger partial charge is 0.343 e. The Morgan fingerprint density at radius 1 is 1.02 bits per heavy atom. The molecule has 1 aliphatic carbocycles. The summed E-state index contributed by atoms with van der Waals surface area (Å²) in [5.41, 5.74) is 3.00. The Hall–Kier alpha value is -3.43. The van der Waals surface area contributed by atoms with Gasteiger partial charge in [-0.2, -0.15) is 0 Å². The van der Waals surface area contributed by atoms with Gasteiger partial charge in [-0.1, -0.05) is 78.9 Å². The van der Waals surface area contributed by atoms with E-state index in [2.05, 4.69) is 10.6 Å². The van der Waals surface area contributed by atoms with Crippen molar-refractivity contribution in [2.24, 2.45) is 5.92 Å². The van der Waals surface area contributed by atoms with Crippen LogP contribution in [0.3, 0.4) is 0 Å². The molecule has 3 aliphatic rings. The second-order valence-corrected chi connectivity index (χ2v) is 12.9. The summed E-state index contributed by atoms with van der Waals surface area (Å²) in [6.07, 6.45) is 5.11. The first kappa shape index (κ1) is 32.0. The van der Waals surface area contributed by atoms with Crippen LogP contribution in [0.25, 0.3) is 0 Å². The average Bonchev–Trinajstić information content (AvgIpc) is 3.37. The van der Waals surface area contributed by atoms with Gasteiger partial charge in [0.2, 0.25) is 23.6 Å². The quantitative estimate of drug-likeness (QED) is 0.424. The number of hydrogen-bond acceptors (Lipinski definition) is 5. The molecular weight excluding hydrogens is 578 g/mol. The summed E-state index contributed by atoms with van der Waals surface area (Å²) in [5.74, 6) is -0.855. The van der Waals surface area contributed by atoms with Gasteiger partial charge in [-0.15, -0.1) is 0 Å². The fourth-order valence-corrected chi connectivity index (χ4v) is 7.02. The van der Waals surface area contributed by atoms with Gasteiger partial charge in [-0.3, -0.25) is 19.2 Å². The van der Waals surface area contributed by atoms with Crippen LogP contribution in [0.4, 0.5) is 0 Å². The molecule has 0 bridgehead atoms. The number of halogens is 1. The van der Waals surface area contributed by atoms with E-state index in [9.17, 15) is 19.2 Å². The summed E-state index contributed by atoms with van der Waals surface area (Å²) >= 11 is 6.43. The Bertz CT molecular complexity index is 1360. The maximum absolute atomic E-state index is 14.4. The highest BCUT2D eigenvalue weighted by Crippen LogP contribution is 2.32. The van der Waals surface area contributed by atoms with Crippen molar-refractivity contribution in [3.05, 3.63) is 70.2 Å². The lowest BCUT2D eigenvalue weighted by molar-refractivity contribution is -0.156. The molecule has 4 amide bonds. The van der Waals surface area contributed by atoms with Gasteiger partial charge in [0, 0.05) is 18.0 Å². The summed E-state index contributed by atoms with van der Waals surface area (Å²) in [6, 6.07) is 13.6. The standard InChI is InChI=1S/C34H44ClN5O4/c1-22-13-15-24(16-14-22)19-28-33(43)38(18-17-25-9-7-8-12-27(25)35)20-29-39(21-30(41)40(28)29)34(44)31(26-10-5-4-6-11-26)37-32(42)23(2)36-3/h7-9,12-16,23,26,28-29,31,36H,4-6,10-11,17-21H2,1-3H3,(H,37,42)/t23-,28-,29+,31-/m0/s1. The molecule has 0 unspecified atom stereocenters. The molecule has 2 heterocycles. The molecule has 3 fully saturated rings. The number of carbonyl (C=O) groups is 4. The van der Waals surface area contributed by atoms with Crippen molar-refractivity contribution in [3.63, 3.8) is 0 Å². The lowest BCUT2D eigenvalue weighted by atomic mass is 9.83. The second kappa shape index (κ2) is 14.1. The number of fused-ring (bicyclic) bond motifs is 1. The van der Waals surface area contributed by atoms with Crippen molar-refractivity contribution in [2.45, 2.75) is 83.1 Å². The summed E-state index contributed by atoms with van der Waals surface area (Å²) < 4.78 is 0. The number of amides is 4. The van der Waals surface area contributed by atoms with Crippen molar-refractivity contribution in [3.8, 4) is 0 Å². The summed E-state index contributed by atoms with van der Waals surface area (Å²) in [6.45, 7) is 4.28. The number of hydrogen-bond donors (Lipinski definition) is 2. The zero-order valence-corrected chi connectivity index (χ0v) is 26.7. The van der Waals surface area contributed by atoms with Crippen molar-refractivity contribution < 1.29 is 19.2 Å². The SMILES string of the molecule is CN[C@@H](C)C(=O)N[C@H](C(=O)N1CC(=O)N2[C@@H]1CN(CCc1ccccc1Cl)C(=O)[C@@H]2Cc1ccc(C)cc1)C1CCCCC1. The van der Waals surface area contributed by atoms with E-state index in [0.29, 0.717) is 24.4 Å². The predicted molar refractivity (Wildman–Crippen MR) is 170 cm³/mol. The van der Waals surface area contributed by atoms with Crippen LogP contribution in [0.2, 0.25) is 5.02 Å². The van der Waals surface area contributed by atoms with E-state index in [1.54, 1.807) is 28.7 Å². The molecule has 2 aliphatic heterocycles. The minimum atomic E-state index is -0.736. The molecule has 0 aromatic heterocycles. The topological polar surface area (TPSA) is 102 Å². The number of benzene rings is 2. The number of nitrogens with zero attached hydrogens (tertiary/aromatic N) is 3. The van der Waals surface area contributed by atoms with Crippen molar-refractivity contribution in [1.82, 2.24) is 25.3 Å². The summed E-state index contributed by atoms with van der Waals surface area (Å²) in [5, 5.41) is 6.63. The third-order valence-electron chi connectivity index (χ3n) is 9.54. The van der Waals surface area contributed by atoms with Crippen LogP contribution in [0, 0.1) is 12.8 Å². The Morgan fingerprint density at radius 2 is 1.73 bits per heavy atom. The lowest BCUT2D eigenvalue weighted by Crippen LogP contribution is -2.66. The van der Waals surface area contributed by atoms with Gasteiger partial charge < -0.3 is 25.3 Å². The molecule has 10 heteroatoms. The monoisotopic (exact) mass is 621 g/mol. The van der Waals surface area contributed by atoms with E-state index in [-0.39, 0.29) is 42.6 Å². The van der Waals surface area contributed by atoms with E-state index in [4.69, 9.17) is 11.6 Å². The molecule has 5 rings (SSSR count). The minimum absolute atomic E-state index is 0.00156. The molecule has 236 valence electrons. The fourth-order valence-electron chi connectivity index (χ4n) is 6.79. The molecule has 2 aromatic rings. The van der Waals surface area contributed by atoms with Crippen LogP contribution in [0.1, 0.15) is 55.7 Å². The molecule has 4 atom stereocenters. The molecule has 44 heavy (non-hydrogen) atoms. The Labute approximate surface area is 265 Å². The van der Waals surface area contributed by atoms with Crippen LogP contribution >= 0.6 is 11.6 Å². The summed E-state index contributed by atoms with van der Waals surface area (Å²) in [7, 11) is 1.71. The molecule has 0 spiro atoms. The zero-order valence-electron chi connectivity index (χ0n) is 25.9. The molecule has 2 saturated heterocycles. The molecule has 2 N–H and O–H groups in total. The first-order valence-corrected chi connectivity index (χ1v) is 16.2. The molecule has 9 nitrogen and oxygen atoms in total. The lowest BCUT2D eigenvalue weighted by Gasteiger charge is -2.45. The fraction of sp³-hybridized carbons (Fsp3) is 0.529. The van der Waals surface area contributed by atoms with Gasteiger partial charge in [0.05, 0.1) is 12.6 Å². The van der Waals surface area contributed by atoms with Crippen LogP contribution in [-0.4, -0.2) is 89.3 Å². The Kier molecular flexibility index (Phi) is 10.3. The van der Waals surface area contributed by atoms with E-state index >= 15 is 0 Å². The predicted octanol–water partition coefficient (Wildman–Crippen LogP) is 3.31. The molecular formula is C34H44ClN5O4. The third kappa shape index (κ3) is 6.94. The molecule has 2 aromatic carbocycles. The van der Waals surface area contributed by atoms with Gasteiger partial charge in [0.1, 0.15) is 24.8 Å². The Morgan fingerprint density at radius 3 is 2.41 bits per heavy atom. The van der Waals surface area contributed by atoms with E-state index < -0.39 is 24.3 Å². The number of likely N-dealkylation sites (N-methyl/N-ethyl adjacent to an activating group) is 1. The van der Waals surface area contributed by atoms with Crippen LogP contribution < -0.4 is 10.6 Å². The van der Waals surface area contributed by atoms with Gasteiger partial charge in [-0.05, 0) is 63.3 Å². The van der Waals surface area contributed by atoms with Gasteiger partial charge in [0.25, 0.3) is 0 Å². The van der Waals surface area contributed by atoms with Crippen molar-refractivity contribution in [2.75, 3.05) is 26.7 Å². The number of rotatable bonds is 10. The normalized spacial score (nSPS) is 22.1. The van der Waals surface area contributed by atoms with Crippen molar-refractivity contribution in [1.29, 1.82) is 0 Å². The van der Waals surface area contributed by atoms with Gasteiger partial charge in [-0.25, -0.2) is 0 Å². The van der Waals surface area contributed by atoms with Crippen LogP contribution in [0.15, 0.2) is 48.5 Å². The van der Waals surface area contributed by atoms with Crippen LogP contribution in [-0.2, 0) is 32.0 Å². The third-order valence-corrected chi connectivity index (χ3v) is 9.91. The highest BCUT2D eigenvalue weighted by atomic mass is 35.5. The number of carbonyl (C=O) groups excluding carboxylic acids is 4. The highest BCUT2D eigenvalue weighted by Gasteiger charge is 2.52. The molecule has 1 saturated carbocycles. The first-order chi connectivity index (χ1) is 21.2. The zero-order chi connectivity index (χ0) is 31.4. The number of aryl methyl sites for hydroxylation is 1. The molecule has 0 radical (unpaired) electrons. The Balaban J connectivity index is 1.44. The maximum atomic E-state index is 14.4. The highest BCUT2D eigenvalue weighted by molar-refractivity contribution is 6.31. The van der Waals surface area contributed by atoms with Gasteiger partial charge >= 0.3 is 0 Å². The first-order valence-electron chi connectivity index (χ1n) is 15.8. The smallest absolute Gasteiger partial charge is 0.247 e. The average molecular weight is 622 g/mol. The van der Waals surface area contributed by atoms with Gasteiger partial charge in [0.15, 0.2) is 0 Å². The number of nitrogens with one attached hydrogen (secondary N) is 2. The van der Waals surface area contributed by atoms with E-state index in [1.807, 2.05) is 55.5 Å². The summed E-state index contributed by atoms with van der Waals surface area (Å²) in [4.78, 5) is 60.2. The maximum Gasteiger partial charge on any atom is 0.247 e.